The highest BCUT2D eigenvalue weighted by Crippen LogP contribution is 2.21. The molecule has 0 amide bonds. The fourth-order valence-corrected chi connectivity index (χ4v) is 1.96. The summed E-state index contributed by atoms with van der Waals surface area (Å²) < 4.78 is 0. The van der Waals surface area contributed by atoms with E-state index in [9.17, 15) is 4.79 Å². The average molecular weight is 237 g/mol. The van der Waals surface area contributed by atoms with Crippen LogP contribution < -0.4 is 5.32 Å². The predicted octanol–water partition coefficient (Wildman–Crippen LogP) is 1.53. The van der Waals surface area contributed by atoms with Crippen molar-refractivity contribution in [3.63, 3.8) is 0 Å². The molecule has 0 saturated heterocycles. The minimum Gasteiger partial charge on any atom is -0.311 e. The Hall–Kier alpha value is -1.87. The van der Waals surface area contributed by atoms with Crippen LogP contribution in [0.2, 0.25) is 0 Å². The SMILES string of the molecule is BC(=O)CNC(c1ccccc1)c1ccccc1. The molecule has 0 aliphatic rings. The van der Waals surface area contributed by atoms with Crippen LogP contribution in [0.1, 0.15) is 17.2 Å². The topological polar surface area (TPSA) is 29.1 Å². The van der Waals surface area contributed by atoms with E-state index in [1.165, 1.54) is 11.1 Å². The molecule has 0 bridgehead atoms. The standard InChI is InChI=1S/C15H16BNO/c16-14(18)11-17-15(12-7-3-1-4-8-12)13-9-5-2-6-10-13/h1-10,15,17H,11,16H2. The van der Waals surface area contributed by atoms with Crippen molar-refractivity contribution in [1.29, 1.82) is 0 Å². The summed E-state index contributed by atoms with van der Waals surface area (Å²) >= 11 is 0. The van der Waals surface area contributed by atoms with E-state index < -0.39 is 0 Å². The zero-order valence-corrected chi connectivity index (χ0v) is 10.5. The van der Waals surface area contributed by atoms with E-state index in [4.69, 9.17) is 0 Å². The summed E-state index contributed by atoms with van der Waals surface area (Å²) in [6.07, 6.45) is 0. The molecule has 18 heavy (non-hydrogen) atoms. The molecule has 0 aliphatic carbocycles. The van der Waals surface area contributed by atoms with Crippen molar-refractivity contribution in [2.24, 2.45) is 0 Å². The first-order valence-electron chi connectivity index (χ1n) is 6.10. The van der Waals surface area contributed by atoms with Gasteiger partial charge in [-0.3, -0.25) is 0 Å². The molecule has 1 N–H and O–H groups in total. The smallest absolute Gasteiger partial charge is 0.188 e. The van der Waals surface area contributed by atoms with Crippen LogP contribution in [0.4, 0.5) is 0 Å². The molecule has 0 unspecified atom stereocenters. The highest BCUT2D eigenvalue weighted by Gasteiger charge is 2.12. The molecule has 2 aromatic rings. The van der Waals surface area contributed by atoms with Gasteiger partial charge in [-0.25, -0.2) is 0 Å². The Labute approximate surface area is 108 Å². The second-order valence-electron chi connectivity index (χ2n) is 4.34. The Kier molecular flexibility index (Phi) is 4.32. The van der Waals surface area contributed by atoms with E-state index in [1.807, 2.05) is 36.4 Å². The summed E-state index contributed by atoms with van der Waals surface area (Å²) in [6, 6.07) is 20.4. The number of nitrogens with one attached hydrogen (secondary N) is 1. The maximum atomic E-state index is 11.1. The van der Waals surface area contributed by atoms with Gasteiger partial charge in [0.05, 0.1) is 11.7 Å². The number of benzene rings is 2. The molecule has 3 heteroatoms. The molecule has 0 aromatic heterocycles. The molecular formula is C15H16BNO. The van der Waals surface area contributed by atoms with Gasteiger partial charge < -0.3 is 10.1 Å². The van der Waals surface area contributed by atoms with Gasteiger partial charge in [-0.2, -0.15) is 0 Å². The Morgan fingerprint density at radius 1 is 0.944 bits per heavy atom. The van der Waals surface area contributed by atoms with Crippen LogP contribution in [0, 0.1) is 0 Å². The lowest BCUT2D eigenvalue weighted by Crippen LogP contribution is -2.28. The number of hydrogen-bond donors (Lipinski definition) is 1. The highest BCUT2D eigenvalue weighted by molar-refractivity contribution is 6.58. The molecule has 0 saturated carbocycles. The van der Waals surface area contributed by atoms with Gasteiger partial charge in [-0.15, -0.1) is 0 Å². The minimum absolute atomic E-state index is 0.0660. The van der Waals surface area contributed by atoms with E-state index in [0.29, 0.717) is 6.54 Å². The number of carbonyl (C=O) groups is 1. The van der Waals surface area contributed by atoms with Crippen molar-refractivity contribution < 1.29 is 4.79 Å². The normalized spacial score (nSPS) is 10.5. The van der Waals surface area contributed by atoms with Gasteiger partial charge in [0.25, 0.3) is 0 Å². The fourth-order valence-electron chi connectivity index (χ4n) is 1.96. The fraction of sp³-hybridized carbons (Fsp3) is 0.133. The third-order valence-corrected chi connectivity index (χ3v) is 2.82. The number of hydrogen-bond acceptors (Lipinski definition) is 2. The van der Waals surface area contributed by atoms with Crippen LogP contribution >= 0.6 is 0 Å². The van der Waals surface area contributed by atoms with Gasteiger partial charge in [0.15, 0.2) is 7.85 Å². The third kappa shape index (κ3) is 3.31. The van der Waals surface area contributed by atoms with E-state index in [0.717, 1.165) is 0 Å². The Balaban J connectivity index is 2.26. The molecule has 0 atom stereocenters. The molecule has 90 valence electrons. The summed E-state index contributed by atoms with van der Waals surface area (Å²) in [5.41, 5.74) is 2.49. The van der Waals surface area contributed by atoms with Crippen LogP contribution in [-0.4, -0.2) is 20.1 Å². The molecule has 0 spiro atoms. The molecule has 0 aliphatic heterocycles. The van der Waals surface area contributed by atoms with Crippen molar-refractivity contribution in [1.82, 2.24) is 5.32 Å². The summed E-state index contributed by atoms with van der Waals surface area (Å²) in [4.78, 5) is 11.1. The molecule has 2 nitrogen and oxygen atoms in total. The van der Waals surface area contributed by atoms with Crippen molar-refractivity contribution in [3.05, 3.63) is 71.8 Å². The average Bonchev–Trinajstić information content (AvgIpc) is 2.41. The van der Waals surface area contributed by atoms with Crippen molar-refractivity contribution in [2.45, 2.75) is 6.04 Å². The predicted molar refractivity (Wildman–Crippen MR) is 76.3 cm³/mol. The molecule has 0 fully saturated rings. The van der Waals surface area contributed by atoms with E-state index in [1.54, 1.807) is 7.85 Å². The largest absolute Gasteiger partial charge is 0.311 e. The Morgan fingerprint density at radius 2 is 1.39 bits per heavy atom. The summed E-state index contributed by atoms with van der Waals surface area (Å²) in [7, 11) is 1.60. The summed E-state index contributed by atoms with van der Waals surface area (Å²) in [5, 5.41) is 3.30. The van der Waals surface area contributed by atoms with Crippen molar-refractivity contribution >= 4 is 13.5 Å². The van der Waals surface area contributed by atoms with Crippen molar-refractivity contribution in [2.75, 3.05) is 6.54 Å². The van der Waals surface area contributed by atoms with Gasteiger partial charge in [-0.1, -0.05) is 60.7 Å². The molecule has 0 heterocycles. The molecule has 2 aromatic carbocycles. The molecular weight excluding hydrogens is 221 g/mol. The first-order valence-corrected chi connectivity index (χ1v) is 6.10. The van der Waals surface area contributed by atoms with Gasteiger partial charge in [0.1, 0.15) is 0 Å². The zero-order chi connectivity index (χ0) is 12.8. The maximum absolute atomic E-state index is 11.1. The maximum Gasteiger partial charge on any atom is 0.188 e. The lowest BCUT2D eigenvalue weighted by molar-refractivity contribution is -0.111. The molecule has 0 radical (unpaired) electrons. The minimum atomic E-state index is 0.0660. The van der Waals surface area contributed by atoms with Crippen LogP contribution in [0.15, 0.2) is 60.7 Å². The van der Waals surface area contributed by atoms with E-state index >= 15 is 0 Å². The monoisotopic (exact) mass is 237 g/mol. The number of rotatable bonds is 5. The Morgan fingerprint density at radius 3 is 1.78 bits per heavy atom. The Bertz CT molecular complexity index is 459. The van der Waals surface area contributed by atoms with Gasteiger partial charge in [0, 0.05) is 6.54 Å². The molecule has 2 rings (SSSR count). The lowest BCUT2D eigenvalue weighted by atomic mass is 9.97. The lowest BCUT2D eigenvalue weighted by Gasteiger charge is -2.19. The zero-order valence-electron chi connectivity index (χ0n) is 10.5. The van der Waals surface area contributed by atoms with Crippen LogP contribution in [0.5, 0.6) is 0 Å². The van der Waals surface area contributed by atoms with Crippen LogP contribution in [0.25, 0.3) is 0 Å². The first-order chi connectivity index (χ1) is 8.77. The first kappa shape index (κ1) is 12.6. The summed E-state index contributed by atoms with van der Waals surface area (Å²) in [6.45, 7) is 0.383. The van der Waals surface area contributed by atoms with Gasteiger partial charge in [0.2, 0.25) is 0 Å². The van der Waals surface area contributed by atoms with E-state index in [2.05, 4.69) is 29.6 Å². The highest BCUT2D eigenvalue weighted by atomic mass is 16.1. The second-order valence-corrected chi connectivity index (χ2v) is 4.34. The number of carbonyl (C=O) groups excluding carboxylic acids is 1. The van der Waals surface area contributed by atoms with Gasteiger partial charge in [-0.05, 0) is 11.1 Å². The van der Waals surface area contributed by atoms with E-state index in [-0.39, 0.29) is 11.7 Å². The second kappa shape index (κ2) is 6.17. The van der Waals surface area contributed by atoms with Crippen molar-refractivity contribution in [3.8, 4) is 0 Å². The van der Waals surface area contributed by atoms with Crippen LogP contribution in [0.3, 0.4) is 0 Å². The van der Waals surface area contributed by atoms with Crippen LogP contribution in [-0.2, 0) is 4.79 Å². The quantitative estimate of drug-likeness (QED) is 0.799. The van der Waals surface area contributed by atoms with Gasteiger partial charge >= 0.3 is 0 Å². The summed E-state index contributed by atoms with van der Waals surface area (Å²) in [5.74, 6) is 0. The third-order valence-electron chi connectivity index (χ3n) is 2.82.